The van der Waals surface area contributed by atoms with E-state index in [2.05, 4.69) is 76.7 Å². The fourth-order valence-electron chi connectivity index (χ4n) is 1.000. The van der Waals surface area contributed by atoms with E-state index in [0.29, 0.717) is 0 Å². The molecule has 0 unspecified atom stereocenters. The summed E-state index contributed by atoms with van der Waals surface area (Å²) in [6.45, 7) is 25.6. The first-order chi connectivity index (χ1) is 9.66. The fraction of sp³-hybridized carbons (Fsp3) is 1.00. The van der Waals surface area contributed by atoms with Crippen LogP contribution in [0.5, 0.6) is 0 Å². The molecule has 0 aromatic carbocycles. The van der Waals surface area contributed by atoms with Gasteiger partial charge in [0.05, 0.1) is 0 Å². The molecule has 132 valence electrons. The quantitative estimate of drug-likeness (QED) is 0.520. The van der Waals surface area contributed by atoms with Crippen LogP contribution < -0.4 is 21.3 Å². The molecule has 0 aliphatic heterocycles. The van der Waals surface area contributed by atoms with Gasteiger partial charge in [0.1, 0.15) is 0 Å². The minimum atomic E-state index is 0. The van der Waals surface area contributed by atoms with Gasteiger partial charge in [-0.25, -0.2) is 0 Å². The molecule has 0 saturated carbocycles. The third kappa shape index (κ3) is 95.5. The summed E-state index contributed by atoms with van der Waals surface area (Å²) >= 11 is 0. The second-order valence-corrected chi connectivity index (χ2v) is 3.83. The Kier molecular flexibility index (Phi) is 79.1. The second-order valence-electron chi connectivity index (χ2n) is 3.83. The molecule has 4 nitrogen and oxygen atoms in total. The number of rotatable bonds is 8. The predicted octanol–water partition coefficient (Wildman–Crippen LogP) is 2.46. The van der Waals surface area contributed by atoms with Crippen LogP contribution in [0.3, 0.4) is 0 Å². The molecule has 4 N–H and O–H groups in total. The van der Waals surface area contributed by atoms with E-state index in [4.69, 9.17) is 0 Å². The molecule has 0 saturated heterocycles. The smallest absolute Gasteiger partial charge is 0 e. The summed E-state index contributed by atoms with van der Waals surface area (Å²) in [6, 6.07) is 0. The standard InChI is InChI=1S/4C4H11N.Zr/c4*1-3-5-4-2;/h4*5H,3-4H2,1-2H3;. The molecule has 0 rings (SSSR count). The summed E-state index contributed by atoms with van der Waals surface area (Å²) in [5, 5.41) is 12.4. The largest absolute Gasteiger partial charge is 0.317 e. The van der Waals surface area contributed by atoms with Crippen molar-refractivity contribution >= 4 is 0 Å². The van der Waals surface area contributed by atoms with Crippen molar-refractivity contribution in [3.8, 4) is 0 Å². The van der Waals surface area contributed by atoms with Crippen LogP contribution in [0, 0.1) is 0 Å². The Hall–Kier alpha value is 0.723. The normalized spacial score (nSPS) is 8.00. The number of hydrogen-bond donors (Lipinski definition) is 4. The number of hydrogen-bond acceptors (Lipinski definition) is 4. The fourth-order valence-corrected chi connectivity index (χ4v) is 1.000. The Balaban J connectivity index is -0.0000000533. The maximum Gasteiger partial charge on any atom is 0 e. The molecule has 0 aromatic rings. The van der Waals surface area contributed by atoms with Gasteiger partial charge in [-0.2, -0.15) is 0 Å². The van der Waals surface area contributed by atoms with E-state index in [9.17, 15) is 0 Å². The van der Waals surface area contributed by atoms with Gasteiger partial charge in [-0.15, -0.1) is 0 Å². The van der Waals surface area contributed by atoms with E-state index < -0.39 is 0 Å². The maximum atomic E-state index is 3.11. The van der Waals surface area contributed by atoms with Crippen LogP contribution in [-0.4, -0.2) is 52.4 Å². The van der Waals surface area contributed by atoms with Gasteiger partial charge in [0.2, 0.25) is 0 Å². The van der Waals surface area contributed by atoms with Gasteiger partial charge in [0.25, 0.3) is 0 Å². The zero-order chi connectivity index (χ0) is 16.5. The third-order valence-corrected chi connectivity index (χ3v) is 2.00. The summed E-state index contributed by atoms with van der Waals surface area (Å²) in [7, 11) is 0. The minimum absolute atomic E-state index is 0. The van der Waals surface area contributed by atoms with Gasteiger partial charge in [-0.1, -0.05) is 55.4 Å². The van der Waals surface area contributed by atoms with Crippen LogP contribution in [0.1, 0.15) is 55.4 Å². The first-order valence-corrected chi connectivity index (χ1v) is 8.49. The van der Waals surface area contributed by atoms with Crippen molar-refractivity contribution < 1.29 is 26.2 Å². The third-order valence-electron chi connectivity index (χ3n) is 2.00. The SMILES string of the molecule is CCNCC.CCNCC.CCNCC.CCNCC.[Zr]. The van der Waals surface area contributed by atoms with Crippen molar-refractivity contribution in [3.63, 3.8) is 0 Å². The topological polar surface area (TPSA) is 48.1 Å². The summed E-state index contributed by atoms with van der Waals surface area (Å²) in [6.07, 6.45) is 0. The second kappa shape index (κ2) is 49.8. The number of nitrogens with one attached hydrogen (secondary N) is 4. The Labute approximate surface area is 155 Å². The minimum Gasteiger partial charge on any atom is -0.317 e. The van der Waals surface area contributed by atoms with Crippen LogP contribution in [-0.2, 0) is 26.2 Å². The molecule has 0 fully saturated rings. The van der Waals surface area contributed by atoms with Crippen molar-refractivity contribution in [2.75, 3.05) is 52.4 Å². The molecule has 0 aromatic heterocycles. The zero-order valence-corrected chi connectivity index (χ0v) is 18.6. The Morgan fingerprint density at radius 1 is 0.333 bits per heavy atom. The first-order valence-electron chi connectivity index (χ1n) is 8.49. The van der Waals surface area contributed by atoms with Crippen LogP contribution in [0.4, 0.5) is 0 Å². The van der Waals surface area contributed by atoms with Gasteiger partial charge in [0.15, 0.2) is 0 Å². The summed E-state index contributed by atoms with van der Waals surface area (Å²) in [5.74, 6) is 0. The van der Waals surface area contributed by atoms with Gasteiger partial charge in [0, 0.05) is 26.2 Å². The Bertz CT molecular complexity index is 74.3. The Morgan fingerprint density at radius 3 is 0.429 bits per heavy atom. The monoisotopic (exact) mass is 382 g/mol. The van der Waals surface area contributed by atoms with Crippen molar-refractivity contribution in [1.29, 1.82) is 0 Å². The molecule has 0 radical (unpaired) electrons. The molecular formula is C16H44N4Zr. The molecule has 0 bridgehead atoms. The van der Waals surface area contributed by atoms with E-state index in [1.165, 1.54) is 0 Å². The molecular weight excluding hydrogens is 339 g/mol. The van der Waals surface area contributed by atoms with E-state index in [1.807, 2.05) is 0 Å². The van der Waals surface area contributed by atoms with E-state index >= 15 is 0 Å². The van der Waals surface area contributed by atoms with Crippen molar-refractivity contribution in [3.05, 3.63) is 0 Å². The molecule has 0 spiro atoms. The van der Waals surface area contributed by atoms with E-state index in [-0.39, 0.29) is 26.2 Å². The van der Waals surface area contributed by atoms with Crippen LogP contribution >= 0.6 is 0 Å². The maximum absolute atomic E-state index is 3.11. The van der Waals surface area contributed by atoms with Crippen molar-refractivity contribution in [2.24, 2.45) is 0 Å². The van der Waals surface area contributed by atoms with Gasteiger partial charge < -0.3 is 21.3 Å². The van der Waals surface area contributed by atoms with Crippen molar-refractivity contribution in [2.45, 2.75) is 55.4 Å². The Morgan fingerprint density at radius 2 is 0.429 bits per heavy atom. The molecule has 5 heteroatoms. The van der Waals surface area contributed by atoms with Gasteiger partial charge in [-0.05, 0) is 52.4 Å². The van der Waals surface area contributed by atoms with E-state index in [0.717, 1.165) is 52.4 Å². The van der Waals surface area contributed by atoms with E-state index in [1.54, 1.807) is 0 Å². The molecule has 0 amide bonds. The summed E-state index contributed by atoms with van der Waals surface area (Å²) in [5.41, 5.74) is 0. The van der Waals surface area contributed by atoms with Crippen LogP contribution in [0.25, 0.3) is 0 Å². The molecule has 0 aliphatic rings. The molecule has 0 heterocycles. The summed E-state index contributed by atoms with van der Waals surface area (Å²) < 4.78 is 0. The molecule has 0 atom stereocenters. The zero-order valence-electron chi connectivity index (χ0n) is 16.2. The summed E-state index contributed by atoms with van der Waals surface area (Å²) in [4.78, 5) is 0. The average Bonchev–Trinajstić information content (AvgIpc) is 2.44. The average molecular weight is 384 g/mol. The van der Waals surface area contributed by atoms with Crippen molar-refractivity contribution in [1.82, 2.24) is 21.3 Å². The molecule has 21 heavy (non-hydrogen) atoms. The van der Waals surface area contributed by atoms with Gasteiger partial charge >= 0.3 is 0 Å². The van der Waals surface area contributed by atoms with Crippen LogP contribution in [0.2, 0.25) is 0 Å². The molecule has 0 aliphatic carbocycles. The van der Waals surface area contributed by atoms with Gasteiger partial charge in [-0.3, -0.25) is 0 Å². The predicted molar refractivity (Wildman–Crippen MR) is 96.9 cm³/mol. The first kappa shape index (κ1) is 33.4. The van der Waals surface area contributed by atoms with Crippen LogP contribution in [0.15, 0.2) is 0 Å².